The summed E-state index contributed by atoms with van der Waals surface area (Å²) in [4.78, 5) is 29.8. The maximum atomic E-state index is 13.1. The summed E-state index contributed by atoms with van der Waals surface area (Å²) < 4.78 is 2.21. The maximum Gasteiger partial charge on any atom is 0.271 e. The molecule has 0 atom stereocenters. The van der Waals surface area contributed by atoms with Crippen LogP contribution in [0.25, 0.3) is 10.2 Å². The molecule has 27 heavy (non-hydrogen) atoms. The third-order valence-electron chi connectivity index (χ3n) is 5.36. The number of rotatable bonds is 5. The van der Waals surface area contributed by atoms with Gasteiger partial charge in [-0.25, -0.2) is 4.98 Å². The van der Waals surface area contributed by atoms with Crippen molar-refractivity contribution in [2.24, 2.45) is 0 Å². The second-order valence-corrected chi connectivity index (χ2v) is 8.28. The fourth-order valence-corrected chi connectivity index (χ4v) is 4.81. The maximum absolute atomic E-state index is 13.1. The number of carbonyl (C=O) groups excluding carboxylic acids is 1. The number of amides is 1. The Bertz CT molecular complexity index is 1020. The van der Waals surface area contributed by atoms with Crippen LogP contribution in [0.4, 0.5) is 0 Å². The molecule has 0 aliphatic heterocycles. The molecular weight excluding hydrogens is 382 g/mol. The van der Waals surface area contributed by atoms with Crippen molar-refractivity contribution in [2.75, 3.05) is 6.54 Å². The van der Waals surface area contributed by atoms with E-state index in [9.17, 15) is 9.59 Å². The van der Waals surface area contributed by atoms with E-state index in [0.717, 1.165) is 36.8 Å². The Morgan fingerprint density at radius 1 is 1.22 bits per heavy atom. The summed E-state index contributed by atoms with van der Waals surface area (Å²) in [5.74, 6) is 0.0283. The third-order valence-corrected chi connectivity index (χ3v) is 6.51. The predicted octanol–water partition coefficient (Wildman–Crippen LogP) is 3.74. The molecule has 2 heterocycles. The highest BCUT2D eigenvalue weighted by Gasteiger charge is 2.42. The molecule has 1 N–H and O–H groups in total. The Morgan fingerprint density at radius 3 is 2.70 bits per heavy atom. The van der Waals surface area contributed by atoms with Crippen LogP contribution in [0.1, 0.15) is 31.2 Å². The molecule has 0 unspecified atom stereocenters. The lowest BCUT2D eigenvalue weighted by molar-refractivity contribution is -0.126. The van der Waals surface area contributed by atoms with Gasteiger partial charge in [0.05, 0.1) is 17.3 Å². The average molecular weight is 402 g/mol. The number of nitrogens with zero attached hydrogens (tertiary/aromatic N) is 2. The van der Waals surface area contributed by atoms with E-state index >= 15 is 0 Å². The van der Waals surface area contributed by atoms with Crippen LogP contribution in [0.15, 0.2) is 46.8 Å². The Kier molecular flexibility index (Phi) is 5.02. The lowest BCUT2D eigenvalue weighted by Crippen LogP contribution is -2.44. The van der Waals surface area contributed by atoms with E-state index in [1.807, 2.05) is 35.7 Å². The largest absolute Gasteiger partial charge is 0.354 e. The number of thiophene rings is 1. The van der Waals surface area contributed by atoms with Gasteiger partial charge in [0.25, 0.3) is 5.56 Å². The fourth-order valence-electron chi connectivity index (χ4n) is 3.89. The van der Waals surface area contributed by atoms with Crippen LogP contribution < -0.4 is 10.9 Å². The van der Waals surface area contributed by atoms with Crippen molar-refractivity contribution >= 4 is 39.1 Å². The van der Waals surface area contributed by atoms with Crippen LogP contribution in [0, 0.1) is 0 Å². The molecule has 0 spiro atoms. The highest BCUT2D eigenvalue weighted by atomic mass is 35.5. The summed E-state index contributed by atoms with van der Waals surface area (Å²) in [6.07, 6.45) is 5.29. The summed E-state index contributed by atoms with van der Waals surface area (Å²) >= 11 is 7.40. The van der Waals surface area contributed by atoms with Gasteiger partial charge in [-0.1, -0.05) is 36.6 Å². The molecule has 1 amide bonds. The molecular formula is C20H20ClN3O2S. The van der Waals surface area contributed by atoms with Gasteiger partial charge in [0.2, 0.25) is 5.91 Å². The minimum atomic E-state index is -0.495. The summed E-state index contributed by atoms with van der Waals surface area (Å²) in [5, 5.41) is 5.57. The van der Waals surface area contributed by atoms with Gasteiger partial charge in [-0.3, -0.25) is 14.2 Å². The molecule has 2 aromatic heterocycles. The minimum absolute atomic E-state index is 0.0283. The molecule has 1 saturated carbocycles. The second kappa shape index (κ2) is 7.44. The van der Waals surface area contributed by atoms with Crippen molar-refractivity contribution in [1.82, 2.24) is 14.9 Å². The van der Waals surface area contributed by atoms with E-state index in [-0.39, 0.29) is 11.5 Å². The smallest absolute Gasteiger partial charge is 0.271 e. The van der Waals surface area contributed by atoms with Crippen molar-refractivity contribution in [3.63, 3.8) is 0 Å². The van der Waals surface area contributed by atoms with Gasteiger partial charge in [0, 0.05) is 18.1 Å². The lowest BCUT2D eigenvalue weighted by Gasteiger charge is -2.28. The molecule has 1 aliphatic carbocycles. The number of hydrogen-bond acceptors (Lipinski definition) is 4. The van der Waals surface area contributed by atoms with Gasteiger partial charge < -0.3 is 5.32 Å². The summed E-state index contributed by atoms with van der Waals surface area (Å²) in [7, 11) is 0. The van der Waals surface area contributed by atoms with Gasteiger partial charge in [0.15, 0.2) is 0 Å². The zero-order valence-electron chi connectivity index (χ0n) is 14.8. The SMILES string of the molecule is O=C(NCCn1cnc2ccsc2c1=O)C1(c2ccc(Cl)cc2)CCCC1. The van der Waals surface area contributed by atoms with Crippen LogP contribution in [-0.4, -0.2) is 22.0 Å². The summed E-state index contributed by atoms with van der Waals surface area (Å²) in [5.41, 5.74) is 1.18. The second-order valence-electron chi connectivity index (χ2n) is 6.93. The van der Waals surface area contributed by atoms with Gasteiger partial charge in [0.1, 0.15) is 4.70 Å². The highest BCUT2D eigenvalue weighted by molar-refractivity contribution is 7.17. The molecule has 3 aromatic rings. The van der Waals surface area contributed by atoms with Crippen LogP contribution in [-0.2, 0) is 16.8 Å². The van der Waals surface area contributed by atoms with Crippen molar-refractivity contribution in [2.45, 2.75) is 37.6 Å². The van der Waals surface area contributed by atoms with Crippen LogP contribution in [0.5, 0.6) is 0 Å². The number of halogens is 1. The Balaban J connectivity index is 1.48. The van der Waals surface area contributed by atoms with Gasteiger partial charge in [-0.05, 0) is 42.0 Å². The topological polar surface area (TPSA) is 64.0 Å². The fraction of sp³-hybridized carbons (Fsp3) is 0.350. The first-order valence-corrected chi connectivity index (χ1v) is 10.3. The number of nitrogens with one attached hydrogen (secondary N) is 1. The minimum Gasteiger partial charge on any atom is -0.354 e. The van der Waals surface area contributed by atoms with E-state index in [2.05, 4.69) is 10.3 Å². The monoisotopic (exact) mass is 401 g/mol. The van der Waals surface area contributed by atoms with E-state index in [1.165, 1.54) is 11.3 Å². The molecule has 4 rings (SSSR count). The first kappa shape index (κ1) is 18.2. The molecule has 0 radical (unpaired) electrons. The summed E-state index contributed by atoms with van der Waals surface area (Å²) in [6.45, 7) is 0.800. The Morgan fingerprint density at radius 2 is 1.96 bits per heavy atom. The number of aromatic nitrogens is 2. The van der Waals surface area contributed by atoms with Crippen molar-refractivity contribution in [3.05, 3.63) is 63.0 Å². The van der Waals surface area contributed by atoms with E-state index < -0.39 is 5.41 Å². The van der Waals surface area contributed by atoms with Crippen LogP contribution in [0.2, 0.25) is 5.02 Å². The van der Waals surface area contributed by atoms with Gasteiger partial charge in [-0.15, -0.1) is 11.3 Å². The first-order valence-electron chi connectivity index (χ1n) is 9.07. The van der Waals surface area contributed by atoms with Crippen molar-refractivity contribution < 1.29 is 4.79 Å². The normalized spacial score (nSPS) is 15.9. The molecule has 1 fully saturated rings. The van der Waals surface area contributed by atoms with Crippen molar-refractivity contribution in [1.29, 1.82) is 0 Å². The standard InChI is InChI=1S/C20H20ClN3O2S/c21-15-5-3-14(4-6-15)20(8-1-2-9-20)19(26)22-10-11-24-13-23-16-7-12-27-17(16)18(24)25/h3-7,12-13H,1-2,8-11H2,(H,22,26). The number of fused-ring (bicyclic) bond motifs is 1. The highest BCUT2D eigenvalue weighted by Crippen LogP contribution is 2.41. The molecule has 0 saturated heterocycles. The first-order chi connectivity index (χ1) is 13.1. The quantitative estimate of drug-likeness (QED) is 0.708. The van der Waals surface area contributed by atoms with Crippen LogP contribution >= 0.6 is 22.9 Å². The molecule has 1 aromatic carbocycles. The molecule has 0 bridgehead atoms. The zero-order chi connectivity index (χ0) is 18.9. The summed E-state index contributed by atoms with van der Waals surface area (Å²) in [6, 6.07) is 9.42. The third kappa shape index (κ3) is 3.39. The number of hydrogen-bond donors (Lipinski definition) is 1. The van der Waals surface area contributed by atoms with Gasteiger partial charge in [-0.2, -0.15) is 0 Å². The number of carbonyl (C=O) groups is 1. The van der Waals surface area contributed by atoms with Gasteiger partial charge >= 0.3 is 0 Å². The molecule has 7 heteroatoms. The molecule has 140 valence electrons. The number of benzene rings is 1. The lowest BCUT2D eigenvalue weighted by atomic mass is 9.78. The Hall–Kier alpha value is -2.18. The zero-order valence-corrected chi connectivity index (χ0v) is 16.4. The Labute approximate surface area is 166 Å². The van der Waals surface area contributed by atoms with Crippen molar-refractivity contribution in [3.8, 4) is 0 Å². The van der Waals surface area contributed by atoms with Crippen LogP contribution in [0.3, 0.4) is 0 Å². The molecule has 1 aliphatic rings. The predicted molar refractivity (Wildman–Crippen MR) is 108 cm³/mol. The van der Waals surface area contributed by atoms with E-state index in [0.29, 0.717) is 22.8 Å². The van der Waals surface area contributed by atoms with E-state index in [4.69, 9.17) is 11.6 Å². The molecule has 5 nitrogen and oxygen atoms in total. The van der Waals surface area contributed by atoms with E-state index in [1.54, 1.807) is 10.9 Å². The average Bonchev–Trinajstić information content (AvgIpc) is 3.34.